The molecule has 1 aromatic rings. The van der Waals surface area contributed by atoms with Gasteiger partial charge in [-0.1, -0.05) is 13.3 Å². The molecule has 0 saturated heterocycles. The molecule has 3 nitrogen and oxygen atoms in total. The Bertz CT molecular complexity index is 392. The lowest BCUT2D eigenvalue weighted by Gasteiger charge is -2.32. The van der Waals surface area contributed by atoms with Gasteiger partial charge < -0.3 is 10.0 Å². The zero-order valence-electron chi connectivity index (χ0n) is 11.7. The molecule has 1 aliphatic rings. The molecule has 106 valence electrons. The lowest BCUT2D eigenvalue weighted by molar-refractivity contribution is 0.0824. The maximum Gasteiger partial charge on any atom is 0.141 e. The summed E-state index contributed by atoms with van der Waals surface area (Å²) >= 11 is 0. The molecule has 0 amide bonds. The fraction of sp³-hybridized carbons (Fsp3) is 0.667. The van der Waals surface area contributed by atoms with Crippen LogP contribution in [0.15, 0.2) is 18.3 Å². The standard InChI is InChI=1S/C15H23FN2O/c1-11(9-18(2)10-12-4-3-5-12)15(19)14-7-6-13(16)8-17-14/h6-8,11-12,15,19H,3-5,9-10H2,1-2H3. The molecular weight excluding hydrogens is 243 g/mol. The van der Waals surface area contributed by atoms with E-state index in [9.17, 15) is 9.50 Å². The molecule has 1 fully saturated rings. The van der Waals surface area contributed by atoms with E-state index in [4.69, 9.17) is 0 Å². The monoisotopic (exact) mass is 266 g/mol. The molecule has 4 heteroatoms. The third kappa shape index (κ3) is 3.98. The summed E-state index contributed by atoms with van der Waals surface area (Å²) in [6, 6.07) is 2.90. The Balaban J connectivity index is 1.83. The van der Waals surface area contributed by atoms with Gasteiger partial charge in [-0.3, -0.25) is 4.98 Å². The van der Waals surface area contributed by atoms with Gasteiger partial charge >= 0.3 is 0 Å². The molecule has 1 aliphatic carbocycles. The molecule has 0 radical (unpaired) electrons. The first kappa shape index (κ1) is 14.4. The molecule has 1 heterocycles. The van der Waals surface area contributed by atoms with E-state index in [1.54, 1.807) is 6.07 Å². The second-order valence-corrected chi connectivity index (χ2v) is 5.84. The van der Waals surface area contributed by atoms with Crippen molar-refractivity contribution in [3.05, 3.63) is 29.8 Å². The van der Waals surface area contributed by atoms with Crippen LogP contribution in [0.1, 0.15) is 38.0 Å². The van der Waals surface area contributed by atoms with Crippen LogP contribution < -0.4 is 0 Å². The minimum absolute atomic E-state index is 0.0861. The summed E-state index contributed by atoms with van der Waals surface area (Å²) in [7, 11) is 2.10. The van der Waals surface area contributed by atoms with E-state index in [-0.39, 0.29) is 11.7 Å². The molecule has 2 rings (SSSR count). The Labute approximate surface area is 114 Å². The molecule has 1 aromatic heterocycles. The predicted octanol–water partition coefficient (Wildman–Crippen LogP) is 2.62. The van der Waals surface area contributed by atoms with Crippen molar-refractivity contribution in [2.24, 2.45) is 11.8 Å². The van der Waals surface area contributed by atoms with Crippen LogP contribution in [-0.4, -0.2) is 35.1 Å². The van der Waals surface area contributed by atoms with Crippen LogP contribution in [0.2, 0.25) is 0 Å². The molecule has 0 bridgehead atoms. The SMILES string of the molecule is CC(CN(C)CC1CCC1)C(O)c1ccc(F)cn1. The van der Waals surface area contributed by atoms with Crippen LogP contribution >= 0.6 is 0 Å². The zero-order chi connectivity index (χ0) is 13.8. The third-order valence-corrected chi connectivity index (χ3v) is 3.99. The normalized spacial score (nSPS) is 19.2. The van der Waals surface area contributed by atoms with Gasteiger partial charge in [0.1, 0.15) is 5.82 Å². The van der Waals surface area contributed by atoms with Crippen molar-refractivity contribution in [1.29, 1.82) is 0 Å². The van der Waals surface area contributed by atoms with Gasteiger partial charge in [0.2, 0.25) is 0 Å². The van der Waals surface area contributed by atoms with Gasteiger partial charge in [-0.15, -0.1) is 0 Å². The summed E-state index contributed by atoms with van der Waals surface area (Å²) in [6.45, 7) is 3.94. The Morgan fingerprint density at radius 1 is 1.47 bits per heavy atom. The maximum atomic E-state index is 12.8. The van der Waals surface area contributed by atoms with E-state index < -0.39 is 6.10 Å². The van der Waals surface area contributed by atoms with E-state index in [1.165, 1.54) is 25.3 Å². The number of halogens is 1. The number of hydrogen-bond acceptors (Lipinski definition) is 3. The lowest BCUT2D eigenvalue weighted by atomic mass is 9.85. The molecule has 0 aromatic carbocycles. The quantitative estimate of drug-likeness (QED) is 0.860. The highest BCUT2D eigenvalue weighted by Gasteiger charge is 2.23. The van der Waals surface area contributed by atoms with E-state index in [0.717, 1.165) is 25.2 Å². The van der Waals surface area contributed by atoms with Crippen LogP contribution in [0.25, 0.3) is 0 Å². The maximum absolute atomic E-state index is 12.8. The van der Waals surface area contributed by atoms with Crippen molar-refractivity contribution < 1.29 is 9.50 Å². The number of aliphatic hydroxyl groups excluding tert-OH is 1. The van der Waals surface area contributed by atoms with Crippen LogP contribution in [-0.2, 0) is 0 Å². The summed E-state index contributed by atoms with van der Waals surface area (Å²) in [6.07, 6.45) is 4.55. The van der Waals surface area contributed by atoms with Crippen LogP contribution in [0.5, 0.6) is 0 Å². The van der Waals surface area contributed by atoms with Crippen molar-refractivity contribution in [1.82, 2.24) is 9.88 Å². The highest BCUT2D eigenvalue weighted by atomic mass is 19.1. The fourth-order valence-corrected chi connectivity index (χ4v) is 2.64. The average molecular weight is 266 g/mol. The van der Waals surface area contributed by atoms with Gasteiger partial charge in [-0.2, -0.15) is 0 Å². The first-order valence-corrected chi connectivity index (χ1v) is 7.04. The van der Waals surface area contributed by atoms with Gasteiger partial charge in [-0.05, 0) is 37.9 Å². The van der Waals surface area contributed by atoms with Crippen molar-refractivity contribution >= 4 is 0 Å². The van der Waals surface area contributed by atoms with E-state index >= 15 is 0 Å². The van der Waals surface area contributed by atoms with Crippen molar-refractivity contribution in [2.75, 3.05) is 20.1 Å². The van der Waals surface area contributed by atoms with Gasteiger partial charge in [0.15, 0.2) is 0 Å². The molecule has 0 spiro atoms. The van der Waals surface area contributed by atoms with Gasteiger partial charge in [0.05, 0.1) is 18.0 Å². The van der Waals surface area contributed by atoms with Crippen molar-refractivity contribution in [3.63, 3.8) is 0 Å². The summed E-state index contributed by atoms with van der Waals surface area (Å²) in [4.78, 5) is 6.23. The van der Waals surface area contributed by atoms with E-state index in [2.05, 4.69) is 16.9 Å². The summed E-state index contributed by atoms with van der Waals surface area (Å²) < 4.78 is 12.8. The minimum Gasteiger partial charge on any atom is -0.386 e. The highest BCUT2D eigenvalue weighted by Crippen LogP contribution is 2.27. The van der Waals surface area contributed by atoms with E-state index in [1.807, 2.05) is 6.92 Å². The number of pyridine rings is 1. The van der Waals surface area contributed by atoms with Gasteiger partial charge in [0, 0.05) is 19.0 Å². The summed E-state index contributed by atoms with van der Waals surface area (Å²) in [5.74, 6) is 0.548. The molecule has 19 heavy (non-hydrogen) atoms. The zero-order valence-corrected chi connectivity index (χ0v) is 11.7. The Morgan fingerprint density at radius 2 is 2.21 bits per heavy atom. The largest absolute Gasteiger partial charge is 0.386 e. The van der Waals surface area contributed by atoms with Crippen molar-refractivity contribution in [3.8, 4) is 0 Å². The molecule has 1 saturated carbocycles. The number of nitrogens with zero attached hydrogens (tertiary/aromatic N) is 2. The Morgan fingerprint density at radius 3 is 2.74 bits per heavy atom. The van der Waals surface area contributed by atoms with Crippen LogP contribution in [0, 0.1) is 17.7 Å². The topological polar surface area (TPSA) is 36.4 Å². The number of aliphatic hydroxyl groups is 1. The van der Waals surface area contributed by atoms with Gasteiger partial charge in [-0.25, -0.2) is 4.39 Å². The number of aromatic nitrogens is 1. The van der Waals surface area contributed by atoms with E-state index in [0.29, 0.717) is 5.69 Å². The second-order valence-electron chi connectivity index (χ2n) is 5.84. The van der Waals surface area contributed by atoms with Crippen LogP contribution in [0.3, 0.4) is 0 Å². The first-order chi connectivity index (χ1) is 9.06. The molecule has 2 unspecified atom stereocenters. The Hall–Kier alpha value is -1.00. The first-order valence-electron chi connectivity index (χ1n) is 7.04. The summed E-state index contributed by atoms with van der Waals surface area (Å²) in [5.41, 5.74) is 0.547. The molecular formula is C15H23FN2O. The fourth-order valence-electron chi connectivity index (χ4n) is 2.64. The predicted molar refractivity (Wildman–Crippen MR) is 73.2 cm³/mol. The Kier molecular flexibility index (Phi) is 4.88. The second kappa shape index (κ2) is 6.44. The number of rotatable bonds is 6. The van der Waals surface area contributed by atoms with Crippen molar-refractivity contribution in [2.45, 2.75) is 32.3 Å². The molecule has 0 aliphatic heterocycles. The van der Waals surface area contributed by atoms with Crippen LogP contribution in [0.4, 0.5) is 4.39 Å². The average Bonchev–Trinajstić information content (AvgIpc) is 2.34. The molecule has 2 atom stereocenters. The minimum atomic E-state index is -0.635. The lowest BCUT2D eigenvalue weighted by Crippen LogP contribution is -2.34. The number of hydrogen-bond donors (Lipinski definition) is 1. The smallest absolute Gasteiger partial charge is 0.141 e. The third-order valence-electron chi connectivity index (χ3n) is 3.99. The summed E-state index contributed by atoms with van der Waals surface area (Å²) in [5, 5.41) is 10.2. The van der Waals surface area contributed by atoms with Gasteiger partial charge in [0.25, 0.3) is 0 Å². The molecule has 1 N–H and O–H groups in total. The highest BCUT2D eigenvalue weighted by molar-refractivity contribution is 5.08.